The standard InChI is InChI=1S/C12H11N7O2/c1-13-11(20)6-10-15-12(21-16-10)8-3-2-4-9(5-8)19-7-14-17-18-19/h2-5,7H,6H2,1H3,(H,13,20). The molecular formula is C12H11N7O2. The average Bonchev–Trinajstić information content (AvgIpc) is 3.19. The van der Waals surface area contributed by atoms with Crippen LogP contribution in [0.4, 0.5) is 0 Å². The van der Waals surface area contributed by atoms with E-state index in [1.54, 1.807) is 7.05 Å². The Balaban J connectivity index is 1.87. The molecule has 3 rings (SSSR count). The molecule has 21 heavy (non-hydrogen) atoms. The van der Waals surface area contributed by atoms with Crippen molar-refractivity contribution in [3.63, 3.8) is 0 Å². The molecule has 0 saturated heterocycles. The van der Waals surface area contributed by atoms with Crippen molar-refractivity contribution in [2.45, 2.75) is 6.42 Å². The highest BCUT2D eigenvalue weighted by atomic mass is 16.5. The maximum atomic E-state index is 11.3. The third kappa shape index (κ3) is 2.76. The fraction of sp³-hybridized carbons (Fsp3) is 0.167. The Kier molecular flexibility index (Phi) is 3.37. The Morgan fingerprint density at radius 1 is 1.43 bits per heavy atom. The van der Waals surface area contributed by atoms with Crippen LogP contribution in [0.2, 0.25) is 0 Å². The molecule has 1 amide bonds. The van der Waals surface area contributed by atoms with E-state index in [-0.39, 0.29) is 12.3 Å². The third-order valence-electron chi connectivity index (χ3n) is 2.77. The number of benzene rings is 1. The zero-order valence-corrected chi connectivity index (χ0v) is 11.1. The van der Waals surface area contributed by atoms with Crippen molar-refractivity contribution in [3.8, 4) is 17.1 Å². The van der Waals surface area contributed by atoms with Gasteiger partial charge in [0.05, 0.1) is 12.1 Å². The van der Waals surface area contributed by atoms with Crippen molar-refractivity contribution >= 4 is 5.91 Å². The number of carbonyl (C=O) groups is 1. The molecule has 2 aromatic heterocycles. The number of aromatic nitrogens is 6. The molecule has 9 heteroatoms. The first-order valence-electron chi connectivity index (χ1n) is 6.13. The molecule has 106 valence electrons. The van der Waals surface area contributed by atoms with Gasteiger partial charge in [0.25, 0.3) is 5.89 Å². The van der Waals surface area contributed by atoms with Gasteiger partial charge in [-0.25, -0.2) is 4.68 Å². The van der Waals surface area contributed by atoms with E-state index in [2.05, 4.69) is 31.0 Å². The van der Waals surface area contributed by atoms with Gasteiger partial charge in [0.15, 0.2) is 5.82 Å². The molecule has 1 aromatic carbocycles. The second kappa shape index (κ2) is 5.49. The van der Waals surface area contributed by atoms with Gasteiger partial charge in [-0.05, 0) is 28.6 Å². The van der Waals surface area contributed by atoms with Crippen LogP contribution in [0.5, 0.6) is 0 Å². The fourth-order valence-corrected chi connectivity index (χ4v) is 1.74. The van der Waals surface area contributed by atoms with Gasteiger partial charge in [-0.2, -0.15) is 4.98 Å². The summed E-state index contributed by atoms with van der Waals surface area (Å²) in [6.07, 6.45) is 1.57. The van der Waals surface area contributed by atoms with E-state index in [1.807, 2.05) is 24.3 Å². The normalized spacial score (nSPS) is 10.5. The highest BCUT2D eigenvalue weighted by molar-refractivity contribution is 5.77. The molecule has 0 radical (unpaired) electrons. The minimum absolute atomic E-state index is 0.0761. The maximum absolute atomic E-state index is 11.3. The van der Waals surface area contributed by atoms with Crippen LogP contribution in [0.25, 0.3) is 17.1 Å². The van der Waals surface area contributed by atoms with Crippen LogP contribution in [0.3, 0.4) is 0 Å². The fourth-order valence-electron chi connectivity index (χ4n) is 1.74. The molecule has 1 N–H and O–H groups in total. The van der Waals surface area contributed by atoms with Crippen molar-refractivity contribution in [3.05, 3.63) is 36.4 Å². The molecule has 0 aliphatic heterocycles. The Labute approximate surface area is 119 Å². The van der Waals surface area contributed by atoms with Gasteiger partial charge in [-0.1, -0.05) is 11.2 Å². The number of hydrogen-bond acceptors (Lipinski definition) is 7. The Morgan fingerprint density at radius 2 is 2.33 bits per heavy atom. The van der Waals surface area contributed by atoms with E-state index in [0.717, 1.165) is 11.3 Å². The first-order chi connectivity index (χ1) is 10.3. The molecular weight excluding hydrogens is 274 g/mol. The van der Waals surface area contributed by atoms with Crippen molar-refractivity contribution in [2.75, 3.05) is 7.05 Å². The maximum Gasteiger partial charge on any atom is 0.258 e. The minimum Gasteiger partial charge on any atom is -0.359 e. The molecule has 0 unspecified atom stereocenters. The Morgan fingerprint density at radius 3 is 3.10 bits per heavy atom. The quantitative estimate of drug-likeness (QED) is 0.718. The molecule has 2 heterocycles. The molecule has 0 saturated carbocycles. The van der Waals surface area contributed by atoms with Gasteiger partial charge in [-0.3, -0.25) is 4.79 Å². The molecule has 0 bridgehead atoms. The summed E-state index contributed by atoms with van der Waals surface area (Å²) in [7, 11) is 1.55. The number of nitrogens with zero attached hydrogens (tertiary/aromatic N) is 6. The summed E-state index contributed by atoms with van der Waals surface area (Å²) in [5, 5.41) is 17.3. The van der Waals surface area contributed by atoms with Crippen LogP contribution < -0.4 is 5.32 Å². The van der Waals surface area contributed by atoms with Crippen molar-refractivity contribution in [1.29, 1.82) is 0 Å². The molecule has 9 nitrogen and oxygen atoms in total. The van der Waals surface area contributed by atoms with Gasteiger partial charge < -0.3 is 9.84 Å². The van der Waals surface area contributed by atoms with Crippen LogP contribution in [0, 0.1) is 0 Å². The predicted molar refractivity (Wildman–Crippen MR) is 70.2 cm³/mol. The zero-order chi connectivity index (χ0) is 14.7. The van der Waals surface area contributed by atoms with Crippen LogP contribution in [0.15, 0.2) is 35.1 Å². The van der Waals surface area contributed by atoms with Crippen LogP contribution in [-0.4, -0.2) is 43.3 Å². The molecule has 0 aliphatic carbocycles. The summed E-state index contributed by atoms with van der Waals surface area (Å²) in [6.45, 7) is 0. The van der Waals surface area contributed by atoms with Gasteiger partial charge in [0.1, 0.15) is 6.33 Å². The van der Waals surface area contributed by atoms with E-state index < -0.39 is 0 Å². The van der Waals surface area contributed by atoms with Crippen LogP contribution in [-0.2, 0) is 11.2 Å². The highest BCUT2D eigenvalue weighted by Gasteiger charge is 2.12. The Hall–Kier alpha value is -3.10. The van der Waals surface area contributed by atoms with Gasteiger partial charge in [0.2, 0.25) is 5.91 Å². The van der Waals surface area contributed by atoms with Crippen LogP contribution in [0.1, 0.15) is 5.82 Å². The molecule has 0 atom stereocenters. The van der Waals surface area contributed by atoms with E-state index in [0.29, 0.717) is 11.7 Å². The molecule has 0 spiro atoms. The first kappa shape index (κ1) is 12.9. The zero-order valence-electron chi connectivity index (χ0n) is 11.1. The lowest BCUT2D eigenvalue weighted by atomic mass is 10.2. The number of tetrazole rings is 1. The number of nitrogens with one attached hydrogen (secondary N) is 1. The average molecular weight is 285 g/mol. The minimum atomic E-state index is -0.176. The first-order valence-corrected chi connectivity index (χ1v) is 6.13. The number of carbonyl (C=O) groups excluding carboxylic acids is 1. The van der Waals surface area contributed by atoms with Gasteiger partial charge in [0, 0.05) is 12.6 Å². The van der Waals surface area contributed by atoms with E-state index >= 15 is 0 Å². The molecule has 0 aliphatic rings. The molecule has 0 fully saturated rings. The summed E-state index contributed by atoms with van der Waals surface area (Å²) in [4.78, 5) is 15.5. The lowest BCUT2D eigenvalue weighted by molar-refractivity contribution is -0.120. The number of amides is 1. The third-order valence-corrected chi connectivity index (χ3v) is 2.77. The smallest absolute Gasteiger partial charge is 0.258 e. The van der Waals surface area contributed by atoms with E-state index in [9.17, 15) is 4.79 Å². The lowest BCUT2D eigenvalue weighted by Crippen LogP contribution is -2.20. The monoisotopic (exact) mass is 285 g/mol. The van der Waals surface area contributed by atoms with Gasteiger partial charge in [-0.15, -0.1) is 5.10 Å². The number of hydrogen-bond donors (Lipinski definition) is 1. The summed E-state index contributed by atoms with van der Waals surface area (Å²) < 4.78 is 6.69. The summed E-state index contributed by atoms with van der Waals surface area (Å²) >= 11 is 0. The second-order valence-electron chi connectivity index (χ2n) is 4.17. The van der Waals surface area contributed by atoms with Crippen LogP contribution >= 0.6 is 0 Å². The van der Waals surface area contributed by atoms with E-state index in [4.69, 9.17) is 4.52 Å². The summed E-state index contributed by atoms with van der Waals surface area (Å²) in [5.74, 6) is 0.491. The highest BCUT2D eigenvalue weighted by Crippen LogP contribution is 2.20. The SMILES string of the molecule is CNC(=O)Cc1noc(-c2cccc(-n3cnnn3)c2)n1. The molecule has 3 aromatic rings. The van der Waals surface area contributed by atoms with E-state index in [1.165, 1.54) is 11.0 Å². The predicted octanol–water partition coefficient (Wildman–Crippen LogP) is 0.000800. The Bertz CT molecular complexity index is 751. The summed E-state index contributed by atoms with van der Waals surface area (Å²) in [5.41, 5.74) is 1.49. The summed E-state index contributed by atoms with van der Waals surface area (Å²) in [6, 6.07) is 7.31. The van der Waals surface area contributed by atoms with Gasteiger partial charge >= 0.3 is 0 Å². The lowest BCUT2D eigenvalue weighted by Gasteiger charge is -2.00. The number of rotatable bonds is 4. The van der Waals surface area contributed by atoms with Crippen molar-refractivity contribution in [1.82, 2.24) is 35.7 Å². The topological polar surface area (TPSA) is 112 Å². The second-order valence-corrected chi connectivity index (χ2v) is 4.17. The number of likely N-dealkylation sites (N-methyl/N-ethyl adjacent to an activating group) is 1. The van der Waals surface area contributed by atoms with Crippen molar-refractivity contribution < 1.29 is 9.32 Å². The largest absolute Gasteiger partial charge is 0.359 e. The van der Waals surface area contributed by atoms with Crippen molar-refractivity contribution in [2.24, 2.45) is 0 Å².